The van der Waals surface area contributed by atoms with E-state index < -0.39 is 0 Å². The Balaban J connectivity index is 1.69. The average Bonchev–Trinajstić information content (AvgIpc) is 3.34. The summed E-state index contributed by atoms with van der Waals surface area (Å²) in [5.74, 6) is 0. The maximum Gasteiger partial charge on any atom is 0.323 e. The molecule has 3 aromatic rings. The summed E-state index contributed by atoms with van der Waals surface area (Å²) in [6.45, 7) is 3.96. The number of nitrogens with zero attached hydrogens (tertiary/aromatic N) is 6. The van der Waals surface area contributed by atoms with Gasteiger partial charge in [-0.3, -0.25) is 10.1 Å². The molecule has 9 nitrogen and oxygen atoms in total. The number of likely N-dealkylation sites (N-methyl/N-ethyl adjacent to an activating group) is 1. The summed E-state index contributed by atoms with van der Waals surface area (Å²) in [7, 11) is 2.06. The maximum absolute atomic E-state index is 11.9. The van der Waals surface area contributed by atoms with Gasteiger partial charge in [0, 0.05) is 38.4 Å². The van der Waals surface area contributed by atoms with Crippen LogP contribution in [0.4, 0.5) is 22.7 Å². The Morgan fingerprint density at radius 1 is 1.00 bits per heavy atom. The molecular weight excluding hydrogens is 360 g/mol. The van der Waals surface area contributed by atoms with E-state index in [2.05, 4.69) is 44.2 Å². The molecule has 1 aromatic heterocycles. The van der Waals surface area contributed by atoms with E-state index >= 15 is 0 Å². The second-order valence-corrected chi connectivity index (χ2v) is 7.30. The molecule has 28 heavy (non-hydrogen) atoms. The van der Waals surface area contributed by atoms with Gasteiger partial charge >= 0.3 is 5.69 Å². The van der Waals surface area contributed by atoms with Gasteiger partial charge in [-0.2, -0.15) is 0 Å². The fraction of sp³-hybridized carbons (Fsp3) is 0.368. The van der Waals surface area contributed by atoms with Crippen molar-refractivity contribution in [3.8, 4) is 0 Å². The first-order chi connectivity index (χ1) is 13.6. The standard InChI is InChI=1S/C19H20N6O3/c1-22-8-10-23(11-9-22)16-12-15(17-18(21-28-20-17)19(16)25(26)27)24-7-6-13-4-2-3-5-14(13)24/h2-5,12H,6-11H2,1H3. The number of anilines is 3. The van der Waals surface area contributed by atoms with E-state index in [0.29, 0.717) is 11.2 Å². The minimum Gasteiger partial charge on any atom is -0.363 e. The van der Waals surface area contributed by atoms with Crippen molar-refractivity contribution in [2.75, 3.05) is 49.6 Å². The summed E-state index contributed by atoms with van der Waals surface area (Å²) in [6, 6.07) is 10.1. The molecule has 0 amide bonds. The number of nitro groups is 1. The van der Waals surface area contributed by atoms with Crippen LogP contribution in [0.25, 0.3) is 11.0 Å². The van der Waals surface area contributed by atoms with Crippen molar-refractivity contribution < 1.29 is 9.55 Å². The van der Waals surface area contributed by atoms with Gasteiger partial charge < -0.3 is 14.7 Å². The van der Waals surface area contributed by atoms with Crippen molar-refractivity contribution in [2.45, 2.75) is 6.42 Å². The van der Waals surface area contributed by atoms with Crippen LogP contribution in [0.2, 0.25) is 0 Å². The van der Waals surface area contributed by atoms with Crippen molar-refractivity contribution >= 4 is 33.8 Å². The lowest BCUT2D eigenvalue weighted by Gasteiger charge is -2.34. The molecule has 0 unspecified atom stereocenters. The number of rotatable bonds is 3. The van der Waals surface area contributed by atoms with Crippen LogP contribution in [-0.4, -0.2) is 59.9 Å². The molecule has 0 aliphatic carbocycles. The van der Waals surface area contributed by atoms with E-state index in [1.54, 1.807) is 0 Å². The van der Waals surface area contributed by atoms with Crippen LogP contribution in [-0.2, 0) is 6.42 Å². The van der Waals surface area contributed by atoms with Gasteiger partial charge in [0.15, 0.2) is 5.52 Å². The van der Waals surface area contributed by atoms with Gasteiger partial charge in [-0.1, -0.05) is 18.2 Å². The fourth-order valence-corrected chi connectivity index (χ4v) is 4.16. The zero-order chi connectivity index (χ0) is 19.3. The monoisotopic (exact) mass is 380 g/mol. The third-order valence-electron chi connectivity index (χ3n) is 5.68. The molecule has 2 aliphatic rings. The molecule has 1 fully saturated rings. The Hall–Kier alpha value is -3.20. The van der Waals surface area contributed by atoms with Crippen molar-refractivity contribution in [2.24, 2.45) is 0 Å². The summed E-state index contributed by atoms with van der Waals surface area (Å²) < 4.78 is 4.95. The lowest BCUT2D eigenvalue weighted by molar-refractivity contribution is -0.382. The first kappa shape index (κ1) is 16.9. The van der Waals surface area contributed by atoms with E-state index in [1.165, 1.54) is 5.56 Å². The molecule has 2 aliphatic heterocycles. The van der Waals surface area contributed by atoms with Gasteiger partial charge in [0.05, 0.1) is 10.6 Å². The molecule has 0 atom stereocenters. The summed E-state index contributed by atoms with van der Waals surface area (Å²) in [4.78, 5) is 18.0. The van der Waals surface area contributed by atoms with E-state index in [1.807, 2.05) is 18.2 Å². The average molecular weight is 380 g/mol. The number of nitro benzene ring substituents is 1. The fourth-order valence-electron chi connectivity index (χ4n) is 4.16. The highest BCUT2D eigenvalue weighted by Gasteiger charge is 2.33. The normalized spacial score (nSPS) is 17.3. The van der Waals surface area contributed by atoms with Crippen molar-refractivity contribution in [1.29, 1.82) is 0 Å². The molecule has 144 valence electrons. The highest BCUT2D eigenvalue weighted by molar-refractivity contribution is 6.01. The first-order valence-electron chi connectivity index (χ1n) is 9.36. The third-order valence-corrected chi connectivity index (χ3v) is 5.68. The van der Waals surface area contributed by atoms with Crippen molar-refractivity contribution in [3.63, 3.8) is 0 Å². The molecule has 0 radical (unpaired) electrons. The van der Waals surface area contributed by atoms with Crippen molar-refractivity contribution in [3.05, 3.63) is 46.0 Å². The van der Waals surface area contributed by atoms with E-state index in [-0.39, 0.29) is 16.1 Å². The molecule has 0 spiro atoms. The summed E-state index contributed by atoms with van der Waals surface area (Å²) >= 11 is 0. The lowest BCUT2D eigenvalue weighted by atomic mass is 10.1. The lowest BCUT2D eigenvalue weighted by Crippen LogP contribution is -2.44. The molecule has 2 aromatic carbocycles. The number of para-hydroxylation sites is 1. The molecule has 0 bridgehead atoms. The van der Waals surface area contributed by atoms with Crippen molar-refractivity contribution in [1.82, 2.24) is 15.2 Å². The van der Waals surface area contributed by atoms with E-state index in [4.69, 9.17) is 4.63 Å². The number of fused-ring (bicyclic) bond motifs is 2. The molecule has 9 heteroatoms. The Morgan fingerprint density at radius 2 is 1.75 bits per heavy atom. The van der Waals surface area contributed by atoms with Crippen LogP contribution in [0, 0.1) is 10.1 Å². The SMILES string of the molecule is CN1CCN(c2cc(N3CCc4ccccc43)c3nonc3c2[N+](=O)[O-])CC1. The van der Waals surface area contributed by atoms with Crippen LogP contribution in [0.1, 0.15) is 5.56 Å². The molecule has 0 N–H and O–H groups in total. The van der Waals surface area contributed by atoms with Crippen LogP contribution in [0.5, 0.6) is 0 Å². The second-order valence-electron chi connectivity index (χ2n) is 7.30. The summed E-state index contributed by atoms with van der Waals surface area (Å²) in [5, 5.41) is 19.8. The zero-order valence-electron chi connectivity index (χ0n) is 15.5. The first-order valence-corrected chi connectivity index (χ1v) is 9.36. The highest BCUT2D eigenvalue weighted by atomic mass is 16.6. The van der Waals surface area contributed by atoms with Crippen LogP contribution in [0.15, 0.2) is 35.0 Å². The number of hydrogen-bond acceptors (Lipinski definition) is 8. The van der Waals surface area contributed by atoms with Gasteiger partial charge in [-0.15, -0.1) is 0 Å². The predicted octanol–water partition coefficient (Wildman–Crippen LogP) is 2.58. The van der Waals surface area contributed by atoms with Gasteiger partial charge in [0.1, 0.15) is 5.69 Å². The highest BCUT2D eigenvalue weighted by Crippen LogP contribution is 2.44. The Bertz CT molecular complexity index is 1060. The van der Waals surface area contributed by atoms with Crippen LogP contribution in [0.3, 0.4) is 0 Å². The van der Waals surface area contributed by atoms with Crippen LogP contribution < -0.4 is 9.80 Å². The summed E-state index contributed by atoms with van der Waals surface area (Å²) in [5.41, 5.74) is 4.36. The van der Waals surface area contributed by atoms with E-state index in [0.717, 1.165) is 50.5 Å². The van der Waals surface area contributed by atoms with Crippen LogP contribution >= 0.6 is 0 Å². The quantitative estimate of drug-likeness (QED) is 0.506. The Kier molecular flexibility index (Phi) is 3.90. The molecule has 5 rings (SSSR count). The summed E-state index contributed by atoms with van der Waals surface area (Å²) in [6.07, 6.45) is 0.920. The largest absolute Gasteiger partial charge is 0.363 e. The van der Waals surface area contributed by atoms with Gasteiger partial charge in [-0.25, -0.2) is 4.63 Å². The topological polar surface area (TPSA) is 91.8 Å². The number of benzene rings is 2. The Labute approximate surface area is 161 Å². The zero-order valence-corrected chi connectivity index (χ0v) is 15.5. The molecule has 1 saturated heterocycles. The minimum absolute atomic E-state index is 0.0305. The Morgan fingerprint density at radius 3 is 2.54 bits per heavy atom. The minimum atomic E-state index is -0.373. The maximum atomic E-state index is 11.9. The molecular formula is C19H20N6O3. The van der Waals surface area contributed by atoms with Gasteiger partial charge in [0.2, 0.25) is 5.52 Å². The van der Waals surface area contributed by atoms with Gasteiger partial charge in [0.25, 0.3) is 0 Å². The molecule has 3 heterocycles. The van der Waals surface area contributed by atoms with E-state index in [9.17, 15) is 10.1 Å². The predicted molar refractivity (Wildman–Crippen MR) is 105 cm³/mol. The smallest absolute Gasteiger partial charge is 0.323 e. The number of piperazine rings is 1. The third kappa shape index (κ3) is 2.58. The number of aromatic nitrogens is 2. The second kappa shape index (κ2) is 6.45. The van der Waals surface area contributed by atoms with Gasteiger partial charge in [-0.05, 0) is 41.5 Å². The number of hydrogen-bond donors (Lipinski definition) is 0. The molecule has 0 saturated carbocycles.